The summed E-state index contributed by atoms with van der Waals surface area (Å²) in [4.78, 5) is 38.0. The Morgan fingerprint density at radius 1 is 1.53 bits per heavy atom. The maximum Gasteiger partial charge on any atom is 0.249 e. The van der Waals surface area contributed by atoms with Crippen LogP contribution in [-0.2, 0) is 20.8 Å². The number of rotatable bonds is 4. The molecule has 1 aromatic rings. The Bertz CT molecular complexity index is 511. The van der Waals surface area contributed by atoms with Gasteiger partial charge in [-0.15, -0.1) is 0 Å². The van der Waals surface area contributed by atoms with Gasteiger partial charge in [-0.25, -0.2) is 0 Å². The highest BCUT2D eigenvalue weighted by Gasteiger charge is 2.27. The highest BCUT2D eigenvalue weighted by molar-refractivity contribution is 6.01. The first-order valence-corrected chi connectivity index (χ1v) is 5.97. The first-order chi connectivity index (χ1) is 9.04. The van der Waals surface area contributed by atoms with Gasteiger partial charge in [0, 0.05) is 19.3 Å². The van der Waals surface area contributed by atoms with Crippen molar-refractivity contribution < 1.29 is 18.9 Å². The van der Waals surface area contributed by atoms with Gasteiger partial charge in [0.2, 0.25) is 23.6 Å². The van der Waals surface area contributed by atoms with Crippen LogP contribution >= 0.6 is 0 Å². The van der Waals surface area contributed by atoms with Crippen molar-refractivity contribution in [3.05, 3.63) is 11.7 Å². The van der Waals surface area contributed by atoms with Crippen molar-refractivity contribution in [3.63, 3.8) is 0 Å². The lowest BCUT2D eigenvalue weighted by molar-refractivity contribution is -0.137. The van der Waals surface area contributed by atoms with E-state index in [1.54, 1.807) is 6.92 Å². The van der Waals surface area contributed by atoms with E-state index in [4.69, 9.17) is 4.52 Å². The first-order valence-electron chi connectivity index (χ1n) is 5.97. The number of nitrogens with one attached hydrogen (secondary N) is 2. The molecule has 0 bridgehead atoms. The maximum absolute atomic E-state index is 11.7. The van der Waals surface area contributed by atoms with Crippen molar-refractivity contribution in [3.8, 4) is 0 Å². The largest absolute Gasteiger partial charge is 0.344 e. The molecule has 19 heavy (non-hydrogen) atoms. The molecule has 102 valence electrons. The zero-order chi connectivity index (χ0) is 13.8. The van der Waals surface area contributed by atoms with Crippen molar-refractivity contribution in [1.29, 1.82) is 0 Å². The van der Waals surface area contributed by atoms with E-state index in [9.17, 15) is 14.4 Å². The highest BCUT2D eigenvalue weighted by Crippen LogP contribution is 2.05. The fourth-order valence-corrected chi connectivity index (χ4v) is 1.76. The van der Waals surface area contributed by atoms with Crippen LogP contribution in [0.15, 0.2) is 4.52 Å². The molecule has 0 aliphatic carbocycles. The summed E-state index contributed by atoms with van der Waals surface area (Å²) in [6.45, 7) is 1.69. The van der Waals surface area contributed by atoms with E-state index < -0.39 is 11.9 Å². The first kappa shape index (κ1) is 13.2. The molecule has 1 unspecified atom stereocenters. The van der Waals surface area contributed by atoms with Gasteiger partial charge in [0.05, 0.1) is 0 Å². The van der Waals surface area contributed by atoms with Gasteiger partial charge in [-0.1, -0.05) is 5.16 Å². The third-order valence-electron chi connectivity index (χ3n) is 2.71. The smallest absolute Gasteiger partial charge is 0.249 e. The number of aryl methyl sites for hydroxylation is 2. The summed E-state index contributed by atoms with van der Waals surface area (Å²) >= 11 is 0. The third-order valence-corrected chi connectivity index (χ3v) is 2.71. The number of hydrogen-bond donors (Lipinski definition) is 2. The number of hydrogen-bond acceptors (Lipinski definition) is 6. The number of aromatic nitrogens is 2. The zero-order valence-electron chi connectivity index (χ0n) is 10.4. The fraction of sp³-hybridized carbons (Fsp3) is 0.545. The molecule has 0 aromatic carbocycles. The monoisotopic (exact) mass is 266 g/mol. The molecule has 1 aromatic heterocycles. The third kappa shape index (κ3) is 3.60. The number of imide groups is 1. The quantitative estimate of drug-likeness (QED) is 0.692. The van der Waals surface area contributed by atoms with E-state index in [1.165, 1.54) is 0 Å². The Morgan fingerprint density at radius 2 is 2.32 bits per heavy atom. The van der Waals surface area contributed by atoms with Crippen molar-refractivity contribution in [2.75, 3.05) is 0 Å². The van der Waals surface area contributed by atoms with Crippen LogP contribution < -0.4 is 10.6 Å². The molecule has 1 saturated heterocycles. The van der Waals surface area contributed by atoms with Crippen molar-refractivity contribution >= 4 is 17.7 Å². The molecule has 1 aliphatic heterocycles. The van der Waals surface area contributed by atoms with Crippen molar-refractivity contribution in [1.82, 2.24) is 20.8 Å². The van der Waals surface area contributed by atoms with Gasteiger partial charge in [-0.2, -0.15) is 4.98 Å². The standard InChI is InChI=1S/C11H14N4O4/c1-6-12-10(19-15-6)5-4-8(16)13-7-2-3-9(17)14-11(7)18/h7H,2-5H2,1H3,(H,13,16)(H,14,17,18). The highest BCUT2D eigenvalue weighted by atomic mass is 16.5. The summed E-state index contributed by atoms with van der Waals surface area (Å²) in [5.41, 5.74) is 0. The molecule has 2 rings (SSSR count). The fourth-order valence-electron chi connectivity index (χ4n) is 1.76. The summed E-state index contributed by atoms with van der Waals surface area (Å²) in [6.07, 6.45) is 1.04. The van der Waals surface area contributed by atoms with Crippen LogP contribution in [0.25, 0.3) is 0 Å². The molecule has 1 atom stereocenters. The molecule has 8 heteroatoms. The lowest BCUT2D eigenvalue weighted by Crippen LogP contribution is -2.52. The SMILES string of the molecule is Cc1noc(CCC(=O)NC2CCC(=O)NC2=O)n1. The Hall–Kier alpha value is -2.25. The summed E-state index contributed by atoms with van der Waals surface area (Å²) in [5, 5.41) is 8.36. The lowest BCUT2D eigenvalue weighted by atomic mass is 10.1. The van der Waals surface area contributed by atoms with Crippen LogP contribution in [0.5, 0.6) is 0 Å². The number of piperidine rings is 1. The molecule has 1 aliphatic rings. The van der Waals surface area contributed by atoms with Crippen LogP contribution in [0.2, 0.25) is 0 Å². The molecule has 2 N–H and O–H groups in total. The van der Waals surface area contributed by atoms with Crippen LogP contribution in [0.1, 0.15) is 31.0 Å². The molecule has 0 radical (unpaired) electrons. The topological polar surface area (TPSA) is 114 Å². The summed E-state index contributed by atoms with van der Waals surface area (Å²) < 4.78 is 4.87. The van der Waals surface area contributed by atoms with E-state index in [2.05, 4.69) is 20.8 Å². The minimum atomic E-state index is -0.644. The normalized spacial score (nSPS) is 19.1. The number of nitrogens with zero attached hydrogens (tertiary/aromatic N) is 2. The molecule has 0 saturated carbocycles. The molecular weight excluding hydrogens is 252 g/mol. The van der Waals surface area contributed by atoms with E-state index in [1.807, 2.05) is 0 Å². The summed E-state index contributed by atoms with van der Waals surface area (Å²) in [6, 6.07) is -0.644. The number of carbonyl (C=O) groups is 3. The van der Waals surface area contributed by atoms with Gasteiger partial charge in [-0.3, -0.25) is 19.7 Å². The molecule has 2 heterocycles. The molecule has 1 fully saturated rings. The predicted molar refractivity (Wildman–Crippen MR) is 61.7 cm³/mol. The van der Waals surface area contributed by atoms with Crippen LogP contribution in [0.3, 0.4) is 0 Å². The van der Waals surface area contributed by atoms with Gasteiger partial charge in [0.15, 0.2) is 5.82 Å². The van der Waals surface area contributed by atoms with Gasteiger partial charge in [0.1, 0.15) is 6.04 Å². The second kappa shape index (κ2) is 5.59. The lowest BCUT2D eigenvalue weighted by Gasteiger charge is -2.21. The summed E-state index contributed by atoms with van der Waals surface area (Å²) in [7, 11) is 0. The van der Waals surface area contributed by atoms with E-state index in [0.717, 1.165) is 0 Å². The van der Waals surface area contributed by atoms with Crippen LogP contribution in [0, 0.1) is 6.92 Å². The van der Waals surface area contributed by atoms with Crippen LogP contribution in [0.4, 0.5) is 0 Å². The second-order valence-corrected chi connectivity index (χ2v) is 4.31. The predicted octanol–water partition coefficient (Wildman–Crippen LogP) is -0.768. The van der Waals surface area contributed by atoms with Crippen molar-refractivity contribution in [2.45, 2.75) is 38.6 Å². The Morgan fingerprint density at radius 3 is 2.95 bits per heavy atom. The van der Waals surface area contributed by atoms with E-state index >= 15 is 0 Å². The van der Waals surface area contributed by atoms with Gasteiger partial charge < -0.3 is 9.84 Å². The molecular formula is C11H14N4O4. The van der Waals surface area contributed by atoms with Crippen LogP contribution in [-0.4, -0.2) is 33.9 Å². The minimum Gasteiger partial charge on any atom is -0.344 e. The summed E-state index contributed by atoms with van der Waals surface area (Å²) in [5.74, 6) is -0.156. The Labute approximate surface area is 108 Å². The number of amides is 3. The average molecular weight is 266 g/mol. The molecule has 3 amide bonds. The van der Waals surface area contributed by atoms with Gasteiger partial charge in [0.25, 0.3) is 0 Å². The van der Waals surface area contributed by atoms with E-state index in [0.29, 0.717) is 24.6 Å². The van der Waals surface area contributed by atoms with Gasteiger partial charge >= 0.3 is 0 Å². The van der Waals surface area contributed by atoms with Gasteiger partial charge in [-0.05, 0) is 13.3 Å². The minimum absolute atomic E-state index is 0.152. The van der Waals surface area contributed by atoms with E-state index in [-0.39, 0.29) is 24.7 Å². The number of carbonyl (C=O) groups excluding carboxylic acids is 3. The zero-order valence-corrected chi connectivity index (χ0v) is 10.4. The second-order valence-electron chi connectivity index (χ2n) is 4.31. The average Bonchev–Trinajstić information content (AvgIpc) is 2.76. The molecule has 8 nitrogen and oxygen atoms in total. The molecule has 0 spiro atoms. The Balaban J connectivity index is 1.78. The maximum atomic E-state index is 11.7. The Kier molecular flexibility index (Phi) is 3.88. The van der Waals surface area contributed by atoms with Crippen molar-refractivity contribution in [2.24, 2.45) is 0 Å².